The van der Waals surface area contributed by atoms with E-state index in [1.807, 2.05) is 0 Å². The number of fused-ring (bicyclic) bond motifs is 1. The Morgan fingerprint density at radius 1 is 1.57 bits per heavy atom. The van der Waals surface area contributed by atoms with Crippen LogP contribution in [-0.4, -0.2) is 37.2 Å². The van der Waals surface area contributed by atoms with E-state index >= 15 is 0 Å². The van der Waals surface area contributed by atoms with Crippen molar-refractivity contribution in [2.24, 2.45) is 5.73 Å². The molecule has 1 unspecified atom stereocenters. The maximum absolute atomic E-state index is 11.2. The lowest BCUT2D eigenvalue weighted by Gasteiger charge is -2.04. The van der Waals surface area contributed by atoms with Crippen LogP contribution in [0.5, 0.6) is 0 Å². The van der Waals surface area contributed by atoms with E-state index in [1.165, 1.54) is 16.2 Å². The van der Waals surface area contributed by atoms with Crippen LogP contribution < -0.4 is 5.73 Å². The molecule has 0 bridgehead atoms. The molecule has 8 nitrogen and oxygen atoms in total. The lowest BCUT2D eigenvalue weighted by atomic mass is 10.2. The van der Waals surface area contributed by atoms with Crippen LogP contribution in [0, 0.1) is 10.1 Å². The molecule has 0 saturated carbocycles. The Morgan fingerprint density at radius 3 is 3.00 bits per heavy atom. The average molecular weight is 310 g/mol. The minimum absolute atomic E-state index is 0.0550. The van der Waals surface area contributed by atoms with E-state index in [0.717, 1.165) is 0 Å². The van der Waals surface area contributed by atoms with Gasteiger partial charge in [-0.25, -0.2) is 4.98 Å². The summed E-state index contributed by atoms with van der Waals surface area (Å²) >= 11 is 1.38. The van der Waals surface area contributed by atoms with Crippen LogP contribution in [0.3, 0.4) is 0 Å². The molecule has 112 valence electrons. The van der Waals surface area contributed by atoms with Crippen molar-refractivity contribution in [1.82, 2.24) is 9.38 Å². The topological polar surface area (TPSA) is 124 Å². The lowest BCUT2D eigenvalue weighted by molar-refractivity contribution is -0.391. The van der Waals surface area contributed by atoms with Gasteiger partial charge in [0.05, 0.1) is 6.20 Å². The minimum atomic E-state index is -1.05. The number of carboxylic acids is 1. The number of carboxylic acid groups (broad SMARTS) is 1. The van der Waals surface area contributed by atoms with Crippen LogP contribution in [0.15, 0.2) is 24.4 Å². The standard InChI is InChI=1S/C12H14N4O4S/c13-8(12(17)18)4-6-21-7-9-11(16(19)20)15-5-2-1-3-10(15)14-9/h1-3,5,8H,4,6-7,13H2,(H,17,18). The molecule has 3 N–H and O–H groups in total. The summed E-state index contributed by atoms with van der Waals surface area (Å²) in [6.07, 6.45) is 1.90. The summed E-state index contributed by atoms with van der Waals surface area (Å²) in [5, 5.41) is 19.8. The predicted molar refractivity (Wildman–Crippen MR) is 78.2 cm³/mol. The Morgan fingerprint density at radius 2 is 2.33 bits per heavy atom. The van der Waals surface area contributed by atoms with Crippen LogP contribution in [0.2, 0.25) is 0 Å². The molecule has 0 spiro atoms. The number of aliphatic carboxylic acids is 1. The van der Waals surface area contributed by atoms with E-state index in [2.05, 4.69) is 4.98 Å². The summed E-state index contributed by atoms with van der Waals surface area (Å²) in [7, 11) is 0. The fraction of sp³-hybridized carbons (Fsp3) is 0.333. The maximum Gasteiger partial charge on any atom is 0.351 e. The largest absolute Gasteiger partial charge is 0.480 e. The maximum atomic E-state index is 11.2. The molecule has 21 heavy (non-hydrogen) atoms. The van der Waals surface area contributed by atoms with Crippen LogP contribution >= 0.6 is 11.8 Å². The highest BCUT2D eigenvalue weighted by Gasteiger charge is 2.22. The Balaban J connectivity index is 2.06. The highest BCUT2D eigenvalue weighted by atomic mass is 32.2. The van der Waals surface area contributed by atoms with Crippen molar-refractivity contribution in [3.8, 4) is 0 Å². The van der Waals surface area contributed by atoms with E-state index in [1.54, 1.807) is 24.4 Å². The molecule has 0 saturated heterocycles. The first-order valence-electron chi connectivity index (χ1n) is 6.17. The molecule has 2 aromatic rings. The number of imidazole rings is 1. The van der Waals surface area contributed by atoms with Crippen molar-refractivity contribution >= 4 is 29.2 Å². The van der Waals surface area contributed by atoms with Crippen molar-refractivity contribution in [3.63, 3.8) is 0 Å². The van der Waals surface area contributed by atoms with E-state index in [9.17, 15) is 14.9 Å². The van der Waals surface area contributed by atoms with Crippen LogP contribution in [-0.2, 0) is 10.5 Å². The molecule has 0 amide bonds. The summed E-state index contributed by atoms with van der Waals surface area (Å²) in [6.45, 7) is 0. The normalized spacial score (nSPS) is 12.4. The molecule has 2 aromatic heterocycles. The Hall–Kier alpha value is -2.13. The summed E-state index contributed by atoms with van der Waals surface area (Å²) < 4.78 is 1.43. The van der Waals surface area contributed by atoms with Gasteiger partial charge in [0.1, 0.15) is 11.7 Å². The zero-order chi connectivity index (χ0) is 15.4. The number of aromatic nitrogens is 2. The number of carbonyl (C=O) groups is 1. The Labute approximate surface area is 124 Å². The van der Waals surface area contributed by atoms with E-state index in [0.29, 0.717) is 29.3 Å². The highest BCUT2D eigenvalue weighted by Crippen LogP contribution is 2.24. The molecular weight excluding hydrogens is 296 g/mol. The van der Waals surface area contributed by atoms with Crippen LogP contribution in [0.4, 0.5) is 5.82 Å². The molecule has 0 aliphatic heterocycles. The second-order valence-electron chi connectivity index (χ2n) is 4.35. The van der Waals surface area contributed by atoms with Crippen molar-refractivity contribution in [3.05, 3.63) is 40.2 Å². The number of nitrogens with two attached hydrogens (primary N) is 1. The molecule has 0 fully saturated rings. The van der Waals surface area contributed by atoms with Crippen molar-refractivity contribution in [1.29, 1.82) is 0 Å². The Kier molecular flexibility index (Phi) is 4.76. The smallest absolute Gasteiger partial charge is 0.351 e. The molecule has 1 atom stereocenters. The molecule has 0 radical (unpaired) electrons. The highest BCUT2D eigenvalue weighted by molar-refractivity contribution is 7.98. The number of rotatable bonds is 7. The van der Waals surface area contributed by atoms with Gasteiger partial charge in [-0.2, -0.15) is 16.2 Å². The first-order chi connectivity index (χ1) is 10.0. The third-order valence-electron chi connectivity index (χ3n) is 2.88. The number of hydrogen-bond donors (Lipinski definition) is 2. The molecule has 0 aliphatic rings. The second-order valence-corrected chi connectivity index (χ2v) is 5.46. The van der Waals surface area contributed by atoms with Gasteiger partial charge in [0.15, 0.2) is 0 Å². The van der Waals surface area contributed by atoms with Gasteiger partial charge in [0.2, 0.25) is 5.65 Å². The fourth-order valence-electron chi connectivity index (χ4n) is 1.82. The van der Waals surface area contributed by atoms with Gasteiger partial charge in [-0.15, -0.1) is 0 Å². The zero-order valence-electron chi connectivity index (χ0n) is 11.0. The predicted octanol–water partition coefficient (Wildman–Crippen LogP) is 1.28. The minimum Gasteiger partial charge on any atom is -0.480 e. The monoisotopic (exact) mass is 310 g/mol. The third kappa shape index (κ3) is 3.50. The first kappa shape index (κ1) is 15.3. The van der Waals surface area contributed by atoms with Gasteiger partial charge in [-0.3, -0.25) is 4.79 Å². The molecule has 2 rings (SSSR count). The van der Waals surface area contributed by atoms with Gasteiger partial charge < -0.3 is 21.0 Å². The fourth-order valence-corrected chi connectivity index (χ4v) is 2.78. The third-order valence-corrected chi connectivity index (χ3v) is 3.88. The number of hydrogen-bond acceptors (Lipinski definition) is 6. The number of thioether (sulfide) groups is 1. The number of pyridine rings is 1. The molecular formula is C12H14N4O4S. The molecule has 0 aromatic carbocycles. The summed E-state index contributed by atoms with van der Waals surface area (Å²) in [6, 6.07) is 4.24. The quantitative estimate of drug-likeness (QED) is 0.448. The lowest BCUT2D eigenvalue weighted by Crippen LogP contribution is -2.30. The zero-order valence-corrected chi connectivity index (χ0v) is 11.8. The van der Waals surface area contributed by atoms with Crippen molar-refractivity contribution in [2.45, 2.75) is 18.2 Å². The van der Waals surface area contributed by atoms with Crippen LogP contribution in [0.25, 0.3) is 5.65 Å². The number of nitrogens with zero attached hydrogens (tertiary/aromatic N) is 3. The van der Waals surface area contributed by atoms with Gasteiger partial charge in [0.25, 0.3) is 0 Å². The summed E-state index contributed by atoms with van der Waals surface area (Å²) in [4.78, 5) is 25.5. The van der Waals surface area contributed by atoms with E-state index in [-0.39, 0.29) is 5.82 Å². The Bertz CT molecular complexity index is 672. The molecule has 9 heteroatoms. The van der Waals surface area contributed by atoms with E-state index < -0.39 is 16.9 Å². The van der Waals surface area contributed by atoms with Gasteiger partial charge >= 0.3 is 11.8 Å². The second kappa shape index (κ2) is 6.55. The first-order valence-corrected chi connectivity index (χ1v) is 7.32. The van der Waals surface area contributed by atoms with Crippen molar-refractivity contribution < 1.29 is 14.8 Å². The average Bonchev–Trinajstić information content (AvgIpc) is 2.81. The van der Waals surface area contributed by atoms with Gasteiger partial charge in [0, 0.05) is 11.8 Å². The molecule has 2 heterocycles. The van der Waals surface area contributed by atoms with E-state index in [4.69, 9.17) is 10.8 Å². The number of nitro groups is 1. The van der Waals surface area contributed by atoms with Crippen molar-refractivity contribution in [2.75, 3.05) is 5.75 Å². The SMILES string of the molecule is NC(CCSCc1nc2ccccn2c1[N+](=O)[O-])C(=O)O. The van der Waals surface area contributed by atoms with Crippen LogP contribution in [0.1, 0.15) is 12.1 Å². The molecule has 0 aliphatic carbocycles. The van der Waals surface area contributed by atoms with Gasteiger partial charge in [-0.1, -0.05) is 6.07 Å². The summed E-state index contributed by atoms with van der Waals surface area (Å²) in [5.74, 6) is -0.266. The van der Waals surface area contributed by atoms with Gasteiger partial charge in [-0.05, 0) is 23.2 Å². The summed E-state index contributed by atoms with van der Waals surface area (Å²) in [5.41, 5.74) is 6.29.